The van der Waals surface area contributed by atoms with E-state index in [2.05, 4.69) is 12.2 Å². The van der Waals surface area contributed by atoms with E-state index < -0.39 is 18.5 Å². The summed E-state index contributed by atoms with van der Waals surface area (Å²) < 4.78 is 36.7. The first-order chi connectivity index (χ1) is 8.40. The normalized spacial score (nSPS) is 28.7. The zero-order chi connectivity index (χ0) is 13.2. The topological polar surface area (TPSA) is 20.3 Å². The van der Waals surface area contributed by atoms with Gasteiger partial charge in [0, 0.05) is 13.1 Å². The van der Waals surface area contributed by atoms with Gasteiger partial charge in [-0.05, 0) is 37.5 Å². The Balaban J connectivity index is 1.98. The van der Waals surface area contributed by atoms with E-state index in [4.69, 9.17) is 0 Å². The van der Waals surface area contributed by atoms with Crippen LogP contribution in [0.3, 0.4) is 0 Å². The fourth-order valence-electron chi connectivity index (χ4n) is 3.02. The van der Waals surface area contributed by atoms with Crippen LogP contribution in [0.15, 0.2) is 12.2 Å². The van der Waals surface area contributed by atoms with Crippen LogP contribution in [-0.4, -0.2) is 30.1 Å². The van der Waals surface area contributed by atoms with Crippen LogP contribution in [0.1, 0.15) is 38.5 Å². The van der Waals surface area contributed by atoms with Crippen molar-refractivity contribution >= 4 is 5.91 Å². The van der Waals surface area contributed by atoms with Crippen LogP contribution in [0.2, 0.25) is 0 Å². The van der Waals surface area contributed by atoms with E-state index in [9.17, 15) is 18.0 Å². The number of carbonyl (C=O) groups excluding carboxylic acids is 1. The number of rotatable bonds is 1. The first kappa shape index (κ1) is 13.4. The molecule has 1 fully saturated rings. The van der Waals surface area contributed by atoms with Crippen molar-refractivity contribution in [2.24, 2.45) is 5.41 Å². The largest absolute Gasteiger partial charge is 0.397 e. The highest BCUT2D eigenvalue weighted by molar-refractivity contribution is 5.77. The molecule has 1 saturated heterocycles. The zero-order valence-electron chi connectivity index (χ0n) is 10.3. The maximum absolute atomic E-state index is 12.2. The number of piperidine rings is 1. The summed E-state index contributed by atoms with van der Waals surface area (Å²) in [5, 5.41) is 0. The molecule has 0 N–H and O–H groups in total. The Bertz CT molecular complexity index is 351. The van der Waals surface area contributed by atoms with Crippen molar-refractivity contribution in [3.63, 3.8) is 0 Å². The molecule has 1 unspecified atom stereocenters. The van der Waals surface area contributed by atoms with Gasteiger partial charge in [0.15, 0.2) is 0 Å². The molecular weight excluding hydrogens is 243 g/mol. The van der Waals surface area contributed by atoms with Gasteiger partial charge in [-0.15, -0.1) is 0 Å². The van der Waals surface area contributed by atoms with Gasteiger partial charge in [-0.2, -0.15) is 13.2 Å². The predicted octanol–water partition coefficient (Wildman–Crippen LogP) is 3.29. The van der Waals surface area contributed by atoms with Crippen LogP contribution >= 0.6 is 0 Å². The Labute approximate surface area is 105 Å². The van der Waals surface area contributed by atoms with E-state index in [1.807, 2.05) is 0 Å². The molecule has 18 heavy (non-hydrogen) atoms. The molecule has 2 aliphatic rings. The van der Waals surface area contributed by atoms with Crippen LogP contribution in [0.5, 0.6) is 0 Å². The molecule has 0 aromatic heterocycles. The van der Waals surface area contributed by atoms with E-state index in [0.717, 1.165) is 32.1 Å². The lowest BCUT2D eigenvalue weighted by atomic mass is 9.71. The molecule has 102 valence electrons. The lowest BCUT2D eigenvalue weighted by Gasteiger charge is -2.44. The highest BCUT2D eigenvalue weighted by Gasteiger charge is 2.39. The second-order valence-electron chi connectivity index (χ2n) is 5.43. The molecule has 1 atom stereocenters. The Hall–Kier alpha value is -1.00. The zero-order valence-corrected chi connectivity index (χ0v) is 10.3. The third-order valence-corrected chi connectivity index (χ3v) is 3.92. The van der Waals surface area contributed by atoms with Gasteiger partial charge in [0.2, 0.25) is 5.91 Å². The van der Waals surface area contributed by atoms with Gasteiger partial charge in [-0.3, -0.25) is 4.79 Å². The van der Waals surface area contributed by atoms with Crippen molar-refractivity contribution in [3.05, 3.63) is 12.2 Å². The number of halogens is 3. The molecule has 2 nitrogen and oxygen atoms in total. The molecule has 1 heterocycles. The molecule has 1 spiro atoms. The van der Waals surface area contributed by atoms with Crippen LogP contribution < -0.4 is 0 Å². The molecule has 1 aliphatic carbocycles. The van der Waals surface area contributed by atoms with Crippen LogP contribution in [0.25, 0.3) is 0 Å². The second-order valence-corrected chi connectivity index (χ2v) is 5.43. The fourth-order valence-corrected chi connectivity index (χ4v) is 3.02. The first-order valence-corrected chi connectivity index (χ1v) is 6.40. The van der Waals surface area contributed by atoms with Gasteiger partial charge in [-0.1, -0.05) is 12.2 Å². The SMILES string of the molecule is O=C(CC(F)(F)F)N1CCCC2(CC=CCC2)C1. The molecule has 0 bridgehead atoms. The third-order valence-electron chi connectivity index (χ3n) is 3.92. The monoisotopic (exact) mass is 261 g/mol. The maximum atomic E-state index is 12.2. The van der Waals surface area contributed by atoms with Gasteiger partial charge in [-0.25, -0.2) is 0 Å². The Kier molecular flexibility index (Phi) is 3.69. The van der Waals surface area contributed by atoms with Gasteiger partial charge >= 0.3 is 6.18 Å². The fraction of sp³-hybridized carbons (Fsp3) is 0.769. The Morgan fingerprint density at radius 2 is 2.06 bits per heavy atom. The van der Waals surface area contributed by atoms with Crippen LogP contribution in [-0.2, 0) is 4.79 Å². The minimum Gasteiger partial charge on any atom is -0.342 e. The van der Waals surface area contributed by atoms with E-state index in [-0.39, 0.29) is 5.41 Å². The number of hydrogen-bond acceptors (Lipinski definition) is 1. The molecule has 0 saturated carbocycles. The predicted molar refractivity (Wildman–Crippen MR) is 61.9 cm³/mol. The van der Waals surface area contributed by atoms with E-state index in [0.29, 0.717) is 13.1 Å². The molecule has 1 amide bonds. The van der Waals surface area contributed by atoms with Crippen LogP contribution in [0.4, 0.5) is 13.2 Å². The number of nitrogens with zero attached hydrogens (tertiary/aromatic N) is 1. The number of alkyl halides is 3. The van der Waals surface area contributed by atoms with Crippen LogP contribution in [0, 0.1) is 5.41 Å². The van der Waals surface area contributed by atoms with Gasteiger partial charge in [0.25, 0.3) is 0 Å². The van der Waals surface area contributed by atoms with E-state index >= 15 is 0 Å². The minimum atomic E-state index is -4.39. The smallest absolute Gasteiger partial charge is 0.342 e. The maximum Gasteiger partial charge on any atom is 0.397 e. The number of likely N-dealkylation sites (tertiary alicyclic amines) is 1. The second kappa shape index (κ2) is 4.94. The highest BCUT2D eigenvalue weighted by atomic mass is 19.4. The van der Waals surface area contributed by atoms with Crippen molar-refractivity contribution < 1.29 is 18.0 Å². The highest BCUT2D eigenvalue weighted by Crippen LogP contribution is 2.41. The number of hydrogen-bond donors (Lipinski definition) is 0. The lowest BCUT2D eigenvalue weighted by molar-refractivity contribution is -0.163. The van der Waals surface area contributed by atoms with E-state index in [1.54, 1.807) is 0 Å². The quantitative estimate of drug-likeness (QED) is 0.663. The summed E-state index contributed by atoms with van der Waals surface area (Å²) in [5.41, 5.74) is 0.0360. The minimum absolute atomic E-state index is 0.0360. The summed E-state index contributed by atoms with van der Waals surface area (Å²) in [6.07, 6.45) is 3.18. The summed E-state index contributed by atoms with van der Waals surface area (Å²) in [7, 11) is 0. The number of amides is 1. The van der Waals surface area contributed by atoms with Crippen molar-refractivity contribution in [2.75, 3.05) is 13.1 Å². The average molecular weight is 261 g/mol. The van der Waals surface area contributed by atoms with E-state index in [1.165, 1.54) is 4.90 Å². The van der Waals surface area contributed by atoms with Crippen molar-refractivity contribution in [2.45, 2.75) is 44.7 Å². The lowest BCUT2D eigenvalue weighted by Crippen LogP contribution is -2.47. The first-order valence-electron chi connectivity index (χ1n) is 6.40. The van der Waals surface area contributed by atoms with Crippen molar-refractivity contribution in [1.82, 2.24) is 4.90 Å². The molecule has 1 aliphatic heterocycles. The summed E-state index contributed by atoms with van der Waals surface area (Å²) >= 11 is 0. The number of allylic oxidation sites excluding steroid dienone is 2. The standard InChI is InChI=1S/C13H18F3NO/c14-13(15,16)9-11(18)17-8-4-7-12(10-17)5-2-1-3-6-12/h1-2H,3-10H2. The molecule has 0 aromatic rings. The van der Waals surface area contributed by atoms with Crippen molar-refractivity contribution in [1.29, 1.82) is 0 Å². The molecule has 0 radical (unpaired) electrons. The molecule has 0 aromatic carbocycles. The summed E-state index contributed by atoms with van der Waals surface area (Å²) in [6, 6.07) is 0. The summed E-state index contributed by atoms with van der Waals surface area (Å²) in [5.74, 6) is -0.767. The van der Waals surface area contributed by atoms with Gasteiger partial charge < -0.3 is 4.90 Å². The summed E-state index contributed by atoms with van der Waals surface area (Å²) in [6.45, 7) is 0.965. The van der Waals surface area contributed by atoms with Gasteiger partial charge in [0.1, 0.15) is 6.42 Å². The summed E-state index contributed by atoms with van der Waals surface area (Å²) in [4.78, 5) is 13.0. The Morgan fingerprint density at radius 3 is 2.67 bits per heavy atom. The molecule has 5 heteroatoms. The molecule has 2 rings (SSSR count). The van der Waals surface area contributed by atoms with Gasteiger partial charge in [0.05, 0.1) is 0 Å². The molecular formula is C13H18F3NO. The van der Waals surface area contributed by atoms with Crippen molar-refractivity contribution in [3.8, 4) is 0 Å². The third kappa shape index (κ3) is 3.27. The average Bonchev–Trinajstić information content (AvgIpc) is 2.28. The Morgan fingerprint density at radius 1 is 1.28 bits per heavy atom. The number of carbonyl (C=O) groups is 1.